The van der Waals surface area contributed by atoms with Gasteiger partial charge >= 0.3 is 10.2 Å². The Balaban J connectivity index is 1.32. The van der Waals surface area contributed by atoms with Crippen molar-refractivity contribution in [1.82, 2.24) is 14.3 Å². The van der Waals surface area contributed by atoms with E-state index in [1.165, 1.54) is 5.56 Å². The van der Waals surface area contributed by atoms with Gasteiger partial charge < -0.3 is 4.57 Å². The van der Waals surface area contributed by atoms with Crippen molar-refractivity contribution in [1.29, 1.82) is 0 Å². The number of hydrogen-bond acceptors (Lipinski definition) is 4. The second-order valence-corrected chi connectivity index (χ2v) is 14.2. The summed E-state index contributed by atoms with van der Waals surface area (Å²) in [4.78, 5) is 16.7. The molecule has 0 spiro atoms. The van der Waals surface area contributed by atoms with E-state index in [1.54, 1.807) is 36.4 Å². The predicted molar refractivity (Wildman–Crippen MR) is 177 cm³/mol. The molecule has 10 heteroatoms. The Morgan fingerprint density at radius 3 is 2.02 bits per heavy atom. The molecular formula is C34H30Cl2N4O3S. The Morgan fingerprint density at radius 2 is 1.45 bits per heavy atom. The zero-order valence-electron chi connectivity index (χ0n) is 24.4. The van der Waals surface area contributed by atoms with Gasteiger partial charge in [0.25, 0.3) is 5.91 Å². The van der Waals surface area contributed by atoms with E-state index in [0.717, 1.165) is 38.1 Å². The van der Waals surface area contributed by atoms with Gasteiger partial charge in [-0.3, -0.25) is 4.79 Å². The summed E-state index contributed by atoms with van der Waals surface area (Å²) in [6.07, 6.45) is 2.44. The van der Waals surface area contributed by atoms with Gasteiger partial charge in [-0.2, -0.15) is 8.42 Å². The topological polar surface area (TPSA) is 84.3 Å². The molecule has 1 amide bonds. The maximum Gasteiger partial charge on any atom is 0.326 e. The van der Waals surface area contributed by atoms with Crippen LogP contribution in [0.4, 0.5) is 5.69 Å². The molecule has 1 N–H and O–H groups in total. The maximum absolute atomic E-state index is 12.3. The Morgan fingerprint density at radius 1 is 0.841 bits per heavy atom. The van der Waals surface area contributed by atoms with E-state index in [0.29, 0.717) is 27.8 Å². The van der Waals surface area contributed by atoms with E-state index in [2.05, 4.69) is 69.3 Å². The molecule has 7 nitrogen and oxygen atoms in total. The number of nitrogens with one attached hydrogen (secondary N) is 1. The minimum atomic E-state index is -3.90. The second-order valence-electron chi connectivity index (χ2n) is 11.8. The zero-order chi connectivity index (χ0) is 31.2. The molecule has 0 atom stereocenters. The lowest BCUT2D eigenvalue weighted by molar-refractivity contribution is -0.117. The molecule has 5 aromatic rings. The van der Waals surface area contributed by atoms with Crippen LogP contribution in [0.2, 0.25) is 10.0 Å². The molecule has 0 bridgehead atoms. The van der Waals surface area contributed by atoms with E-state index in [4.69, 9.17) is 28.2 Å². The van der Waals surface area contributed by atoms with Gasteiger partial charge in [0, 0.05) is 28.9 Å². The van der Waals surface area contributed by atoms with Gasteiger partial charge in [0.15, 0.2) is 0 Å². The van der Waals surface area contributed by atoms with Crippen LogP contribution in [0, 0.1) is 0 Å². The fourth-order valence-corrected chi connectivity index (χ4v) is 6.86. The minimum Gasteiger partial charge on any atom is -0.303 e. The number of benzene rings is 4. The summed E-state index contributed by atoms with van der Waals surface area (Å²) in [5.41, 5.74) is 7.34. The number of halogens is 2. The summed E-state index contributed by atoms with van der Waals surface area (Å²) in [5, 5.41) is 1.02. The largest absolute Gasteiger partial charge is 0.326 e. The number of amides is 1. The first-order valence-electron chi connectivity index (χ1n) is 14.0. The summed E-state index contributed by atoms with van der Waals surface area (Å²) in [5.74, 6) is 0.204. The molecular weight excluding hydrogens is 615 g/mol. The van der Waals surface area contributed by atoms with Crippen LogP contribution in [0.5, 0.6) is 0 Å². The molecule has 4 aromatic carbocycles. The average molecular weight is 646 g/mol. The highest BCUT2D eigenvalue weighted by molar-refractivity contribution is 7.92. The van der Waals surface area contributed by atoms with Crippen molar-refractivity contribution in [3.63, 3.8) is 0 Å². The minimum absolute atomic E-state index is 0.0991. The fourth-order valence-electron chi connectivity index (χ4n) is 5.21. The number of carbonyl (C=O) groups is 1. The van der Waals surface area contributed by atoms with Gasteiger partial charge in [0.1, 0.15) is 12.4 Å². The highest BCUT2D eigenvalue weighted by atomic mass is 35.5. The summed E-state index contributed by atoms with van der Waals surface area (Å²) in [7, 11) is -3.90. The van der Waals surface area contributed by atoms with Crippen molar-refractivity contribution in [2.45, 2.75) is 32.6 Å². The smallest absolute Gasteiger partial charge is 0.303 e. The van der Waals surface area contributed by atoms with Gasteiger partial charge in [0.05, 0.1) is 16.4 Å². The standard InChI is InChI=1S/C34H30Cl2N4O3S/c1-34(2,3)25-10-8-24(9-11-25)23-6-4-22(5-7-23)18-32-37-31(29-17-12-26(35)19-30(29)36)20-39(32)27-13-15-28(16-14-27)40-21-33(41)38-44(40,42)43/h4-17,19-20H,18,21H2,1-3H3,(H,38,41). The lowest BCUT2D eigenvalue weighted by atomic mass is 9.86. The van der Waals surface area contributed by atoms with Gasteiger partial charge in [-0.25, -0.2) is 14.0 Å². The number of anilines is 1. The summed E-state index contributed by atoms with van der Waals surface area (Å²) < 4.78 is 29.7. The summed E-state index contributed by atoms with van der Waals surface area (Å²) in [6, 6.07) is 29.4. The van der Waals surface area contributed by atoms with E-state index in [9.17, 15) is 13.2 Å². The summed E-state index contributed by atoms with van der Waals surface area (Å²) >= 11 is 12.7. The third kappa shape index (κ3) is 6.11. The van der Waals surface area contributed by atoms with Crippen molar-refractivity contribution in [2.75, 3.05) is 10.8 Å². The Labute approximate surface area is 267 Å². The predicted octanol–water partition coefficient (Wildman–Crippen LogP) is 7.58. The van der Waals surface area contributed by atoms with Crippen molar-refractivity contribution in [2.24, 2.45) is 0 Å². The lowest BCUT2D eigenvalue weighted by Gasteiger charge is -2.19. The normalized spacial score (nSPS) is 14.6. The SMILES string of the molecule is CC(C)(C)c1ccc(-c2ccc(Cc3nc(-c4ccc(Cl)cc4Cl)cn3-c3ccc(N4CC(=O)NS4(=O)=O)cc3)cc2)cc1. The third-order valence-electron chi connectivity index (χ3n) is 7.62. The van der Waals surface area contributed by atoms with Crippen molar-refractivity contribution >= 4 is 45.0 Å². The first kappa shape index (κ1) is 29.9. The molecule has 1 saturated heterocycles. The molecule has 0 aliphatic carbocycles. The number of rotatable bonds is 6. The molecule has 1 aliphatic heterocycles. The number of hydrogen-bond donors (Lipinski definition) is 1. The van der Waals surface area contributed by atoms with E-state index < -0.39 is 16.1 Å². The third-order valence-corrected chi connectivity index (χ3v) is 9.58. The number of aromatic nitrogens is 2. The Bertz CT molecular complexity index is 1960. The molecule has 0 unspecified atom stereocenters. The van der Waals surface area contributed by atoms with Gasteiger partial charge in [-0.05, 0) is 70.1 Å². The molecule has 1 aromatic heterocycles. The monoisotopic (exact) mass is 644 g/mol. The van der Waals surface area contributed by atoms with Crippen LogP contribution in [0.25, 0.3) is 28.1 Å². The molecule has 1 fully saturated rings. The first-order valence-corrected chi connectivity index (χ1v) is 16.2. The highest BCUT2D eigenvalue weighted by Crippen LogP contribution is 2.32. The van der Waals surface area contributed by atoms with E-state index in [-0.39, 0.29) is 12.0 Å². The van der Waals surface area contributed by atoms with Crippen LogP contribution in [-0.4, -0.2) is 30.4 Å². The van der Waals surface area contributed by atoms with Crippen molar-refractivity contribution < 1.29 is 13.2 Å². The lowest BCUT2D eigenvalue weighted by Crippen LogP contribution is -2.29. The van der Waals surface area contributed by atoms with E-state index >= 15 is 0 Å². The van der Waals surface area contributed by atoms with Gasteiger partial charge in [0.2, 0.25) is 0 Å². The van der Waals surface area contributed by atoms with Crippen LogP contribution in [0.3, 0.4) is 0 Å². The molecule has 6 rings (SSSR count). The fraction of sp³-hybridized carbons (Fsp3) is 0.176. The van der Waals surface area contributed by atoms with Crippen molar-refractivity contribution in [3.8, 4) is 28.1 Å². The van der Waals surface area contributed by atoms with Crippen LogP contribution < -0.4 is 9.03 Å². The quantitative estimate of drug-likeness (QED) is 0.206. The number of imidazole rings is 1. The first-order chi connectivity index (χ1) is 20.9. The number of carbonyl (C=O) groups excluding carboxylic acids is 1. The van der Waals surface area contributed by atoms with Gasteiger partial charge in [-0.1, -0.05) is 92.5 Å². The second kappa shape index (κ2) is 11.4. The van der Waals surface area contributed by atoms with Crippen LogP contribution in [0.1, 0.15) is 37.7 Å². The Hall–Kier alpha value is -4.11. The van der Waals surface area contributed by atoms with Crippen LogP contribution >= 0.6 is 23.2 Å². The maximum atomic E-state index is 12.3. The van der Waals surface area contributed by atoms with Gasteiger partial charge in [-0.15, -0.1) is 0 Å². The highest BCUT2D eigenvalue weighted by Gasteiger charge is 2.34. The van der Waals surface area contributed by atoms with Crippen LogP contribution in [0.15, 0.2) is 97.2 Å². The molecule has 44 heavy (non-hydrogen) atoms. The molecule has 1 aliphatic rings. The summed E-state index contributed by atoms with van der Waals surface area (Å²) in [6.45, 7) is 6.37. The number of nitrogens with zero attached hydrogens (tertiary/aromatic N) is 3. The average Bonchev–Trinajstić information content (AvgIpc) is 3.51. The van der Waals surface area contributed by atoms with Crippen LogP contribution in [-0.2, 0) is 26.8 Å². The Kier molecular flexibility index (Phi) is 7.78. The zero-order valence-corrected chi connectivity index (χ0v) is 26.7. The molecule has 0 saturated carbocycles. The van der Waals surface area contributed by atoms with E-state index in [1.807, 2.05) is 21.6 Å². The molecule has 224 valence electrons. The molecule has 2 heterocycles. The molecule has 0 radical (unpaired) electrons. The van der Waals surface area contributed by atoms with Crippen molar-refractivity contribution in [3.05, 3.63) is 124 Å².